The molecule has 0 aromatic heterocycles. The first-order chi connectivity index (χ1) is 4.75. The molecule has 1 fully saturated rings. The number of nitrogens with zero attached hydrogens (tertiary/aromatic N) is 1. The average Bonchev–Trinajstić information content (AvgIpc) is 2.33. The predicted octanol–water partition coefficient (Wildman–Crippen LogP) is 1.13. The van der Waals surface area contributed by atoms with Crippen LogP contribution < -0.4 is 0 Å². The van der Waals surface area contributed by atoms with Gasteiger partial charge in [0.15, 0.2) is 0 Å². The first kappa shape index (κ1) is 11.2. The van der Waals surface area contributed by atoms with Crippen molar-refractivity contribution in [3.05, 3.63) is 0 Å². The van der Waals surface area contributed by atoms with Gasteiger partial charge in [0.1, 0.15) is 0 Å². The molecule has 1 aliphatic rings. The van der Waals surface area contributed by atoms with Crippen molar-refractivity contribution in [1.82, 2.24) is 4.90 Å². The van der Waals surface area contributed by atoms with E-state index in [1.54, 1.807) is 0 Å². The summed E-state index contributed by atoms with van der Waals surface area (Å²) in [6.07, 6.45) is 3.76. The highest BCUT2D eigenvalue weighted by atomic mass is 35.5. The number of rotatable bonds is 2. The molecule has 2 nitrogen and oxygen atoms in total. The minimum Gasteiger partial charge on any atom is -0.396 e. The van der Waals surface area contributed by atoms with Gasteiger partial charge in [-0.25, -0.2) is 0 Å². The Bertz CT molecular complexity index is 108. The lowest BCUT2D eigenvalue weighted by Crippen LogP contribution is -2.32. The molecule has 0 saturated heterocycles. The third-order valence-corrected chi connectivity index (χ3v) is 2.52. The Kier molecular flexibility index (Phi) is 5.06. The second-order valence-corrected chi connectivity index (χ2v) is 3.40. The van der Waals surface area contributed by atoms with Crippen molar-refractivity contribution in [2.75, 3.05) is 20.7 Å². The molecule has 11 heavy (non-hydrogen) atoms. The molecule has 0 radical (unpaired) electrons. The van der Waals surface area contributed by atoms with E-state index < -0.39 is 0 Å². The van der Waals surface area contributed by atoms with Crippen molar-refractivity contribution in [2.45, 2.75) is 25.3 Å². The summed E-state index contributed by atoms with van der Waals surface area (Å²) in [5, 5.41) is 8.96. The molecule has 0 aromatic carbocycles. The zero-order valence-electron chi connectivity index (χ0n) is 7.29. The quantitative estimate of drug-likeness (QED) is 0.687. The van der Waals surface area contributed by atoms with Gasteiger partial charge in [-0.05, 0) is 32.9 Å². The van der Waals surface area contributed by atoms with Crippen LogP contribution in [0.15, 0.2) is 0 Å². The van der Waals surface area contributed by atoms with Crippen LogP contribution in [0, 0.1) is 5.92 Å². The average molecular weight is 180 g/mol. The van der Waals surface area contributed by atoms with Gasteiger partial charge in [-0.3, -0.25) is 0 Å². The molecule has 1 rings (SSSR count). The summed E-state index contributed by atoms with van der Waals surface area (Å²) in [6.45, 7) is 0.364. The Hall–Kier alpha value is 0.210. The van der Waals surface area contributed by atoms with E-state index in [2.05, 4.69) is 19.0 Å². The Morgan fingerprint density at radius 1 is 1.36 bits per heavy atom. The Morgan fingerprint density at radius 2 is 2.00 bits per heavy atom. The molecule has 68 valence electrons. The van der Waals surface area contributed by atoms with Gasteiger partial charge in [-0.15, -0.1) is 12.4 Å². The highest BCUT2D eigenvalue weighted by molar-refractivity contribution is 5.85. The molecule has 0 amide bonds. The van der Waals surface area contributed by atoms with Gasteiger partial charge in [0.2, 0.25) is 0 Å². The van der Waals surface area contributed by atoms with Gasteiger partial charge < -0.3 is 10.0 Å². The molecule has 3 heteroatoms. The highest BCUT2D eigenvalue weighted by Crippen LogP contribution is 2.27. The number of halogens is 1. The van der Waals surface area contributed by atoms with Crippen LogP contribution >= 0.6 is 12.4 Å². The van der Waals surface area contributed by atoms with Crippen molar-refractivity contribution in [3.8, 4) is 0 Å². The standard InChI is InChI=1S/C8H17NO.ClH/c1-9(2)8-5-3-4-7(8)6-10;/h7-8,10H,3-6H2,1-2H3;1H. The molecule has 1 N–H and O–H groups in total. The molecule has 2 atom stereocenters. The maximum absolute atomic E-state index is 8.96. The van der Waals surface area contributed by atoms with Crippen LogP contribution in [0.3, 0.4) is 0 Å². The zero-order valence-corrected chi connectivity index (χ0v) is 8.10. The lowest BCUT2D eigenvalue weighted by atomic mass is 10.0. The highest BCUT2D eigenvalue weighted by Gasteiger charge is 2.27. The van der Waals surface area contributed by atoms with E-state index in [9.17, 15) is 0 Å². The molecule has 1 saturated carbocycles. The maximum atomic E-state index is 8.96. The molecule has 0 heterocycles. The SMILES string of the molecule is CN(C)C1CCCC1CO.Cl. The van der Waals surface area contributed by atoms with Crippen LogP contribution in [-0.4, -0.2) is 36.8 Å². The molecule has 0 spiro atoms. The number of hydrogen-bond acceptors (Lipinski definition) is 2. The second-order valence-electron chi connectivity index (χ2n) is 3.40. The van der Waals surface area contributed by atoms with Crippen LogP contribution in [0.1, 0.15) is 19.3 Å². The van der Waals surface area contributed by atoms with Crippen LogP contribution in [-0.2, 0) is 0 Å². The second kappa shape index (κ2) is 4.96. The molecular weight excluding hydrogens is 162 g/mol. The van der Waals surface area contributed by atoms with E-state index in [0.717, 1.165) is 0 Å². The van der Waals surface area contributed by atoms with E-state index in [1.807, 2.05) is 0 Å². The topological polar surface area (TPSA) is 23.5 Å². The van der Waals surface area contributed by atoms with E-state index in [-0.39, 0.29) is 12.4 Å². The van der Waals surface area contributed by atoms with Gasteiger partial charge in [-0.2, -0.15) is 0 Å². The van der Waals surface area contributed by atoms with Gasteiger partial charge in [-0.1, -0.05) is 6.42 Å². The summed E-state index contributed by atoms with van der Waals surface area (Å²) < 4.78 is 0. The third kappa shape index (κ3) is 2.62. The fourth-order valence-electron chi connectivity index (χ4n) is 1.91. The predicted molar refractivity (Wildman–Crippen MR) is 49.1 cm³/mol. The third-order valence-electron chi connectivity index (χ3n) is 2.52. The smallest absolute Gasteiger partial charge is 0.0474 e. The summed E-state index contributed by atoms with van der Waals surface area (Å²) in [4.78, 5) is 2.23. The fraction of sp³-hybridized carbons (Fsp3) is 1.00. The molecular formula is C8H18ClNO. The first-order valence-electron chi connectivity index (χ1n) is 4.03. The number of hydrogen-bond donors (Lipinski definition) is 1. The largest absolute Gasteiger partial charge is 0.396 e. The minimum absolute atomic E-state index is 0. The Balaban J connectivity index is 0.000001000. The summed E-state index contributed by atoms with van der Waals surface area (Å²) in [5.41, 5.74) is 0. The van der Waals surface area contributed by atoms with Crippen molar-refractivity contribution in [1.29, 1.82) is 0 Å². The van der Waals surface area contributed by atoms with Gasteiger partial charge in [0.05, 0.1) is 0 Å². The summed E-state index contributed by atoms with van der Waals surface area (Å²) in [5.74, 6) is 0.537. The molecule has 2 unspecified atom stereocenters. The normalized spacial score (nSPS) is 30.5. The minimum atomic E-state index is 0. The maximum Gasteiger partial charge on any atom is 0.0474 e. The van der Waals surface area contributed by atoms with Crippen LogP contribution in [0.4, 0.5) is 0 Å². The molecule has 0 bridgehead atoms. The zero-order chi connectivity index (χ0) is 7.56. The van der Waals surface area contributed by atoms with Crippen molar-refractivity contribution < 1.29 is 5.11 Å². The molecule has 0 aliphatic heterocycles. The van der Waals surface area contributed by atoms with Crippen LogP contribution in [0.5, 0.6) is 0 Å². The Morgan fingerprint density at radius 3 is 2.36 bits per heavy atom. The van der Waals surface area contributed by atoms with Gasteiger partial charge in [0, 0.05) is 12.6 Å². The van der Waals surface area contributed by atoms with E-state index in [4.69, 9.17) is 5.11 Å². The van der Waals surface area contributed by atoms with Crippen LogP contribution in [0.2, 0.25) is 0 Å². The number of aliphatic hydroxyl groups is 1. The lowest BCUT2D eigenvalue weighted by Gasteiger charge is -2.24. The first-order valence-corrected chi connectivity index (χ1v) is 4.03. The summed E-state index contributed by atoms with van der Waals surface area (Å²) >= 11 is 0. The van der Waals surface area contributed by atoms with E-state index in [0.29, 0.717) is 18.6 Å². The van der Waals surface area contributed by atoms with E-state index >= 15 is 0 Å². The fourth-order valence-corrected chi connectivity index (χ4v) is 1.91. The van der Waals surface area contributed by atoms with Crippen molar-refractivity contribution >= 4 is 12.4 Å². The number of aliphatic hydroxyl groups excluding tert-OH is 1. The van der Waals surface area contributed by atoms with Crippen molar-refractivity contribution in [3.63, 3.8) is 0 Å². The van der Waals surface area contributed by atoms with Gasteiger partial charge >= 0.3 is 0 Å². The van der Waals surface area contributed by atoms with Crippen molar-refractivity contribution in [2.24, 2.45) is 5.92 Å². The molecule has 0 aromatic rings. The van der Waals surface area contributed by atoms with Gasteiger partial charge in [0.25, 0.3) is 0 Å². The van der Waals surface area contributed by atoms with Crippen LogP contribution in [0.25, 0.3) is 0 Å². The summed E-state index contributed by atoms with van der Waals surface area (Å²) in [7, 11) is 4.19. The molecule has 1 aliphatic carbocycles. The monoisotopic (exact) mass is 179 g/mol. The lowest BCUT2D eigenvalue weighted by molar-refractivity contribution is 0.156. The van der Waals surface area contributed by atoms with E-state index in [1.165, 1.54) is 19.3 Å². The Labute approximate surface area is 75.0 Å². The summed E-state index contributed by atoms with van der Waals surface area (Å²) in [6, 6.07) is 0.630.